The van der Waals surface area contributed by atoms with Gasteiger partial charge in [0.15, 0.2) is 5.65 Å². The van der Waals surface area contributed by atoms with Crippen molar-refractivity contribution in [3.8, 4) is 0 Å². The normalized spacial score (nSPS) is 20.4. The number of nitrogens with one attached hydrogen (secondary N) is 1. The fourth-order valence-corrected chi connectivity index (χ4v) is 3.79. The zero-order chi connectivity index (χ0) is 18.1. The van der Waals surface area contributed by atoms with Gasteiger partial charge in [-0.3, -0.25) is 0 Å². The summed E-state index contributed by atoms with van der Waals surface area (Å²) in [7, 11) is 0. The predicted molar refractivity (Wildman–Crippen MR) is 105 cm³/mol. The van der Waals surface area contributed by atoms with E-state index in [-0.39, 0.29) is 0 Å². The van der Waals surface area contributed by atoms with E-state index in [1.807, 2.05) is 36.5 Å². The number of aromatic nitrogens is 3. The Hall–Kier alpha value is -2.31. The summed E-state index contributed by atoms with van der Waals surface area (Å²) >= 11 is 6.25. The number of imidazole rings is 1. The monoisotopic (exact) mass is 370 g/mol. The van der Waals surface area contributed by atoms with E-state index in [2.05, 4.69) is 10.4 Å². The molecule has 0 spiro atoms. The van der Waals surface area contributed by atoms with Crippen LogP contribution in [0.4, 0.5) is 11.5 Å². The van der Waals surface area contributed by atoms with Crippen molar-refractivity contribution in [2.75, 3.05) is 11.1 Å². The number of nitrogens with zero attached hydrogens (tertiary/aromatic N) is 3. The van der Waals surface area contributed by atoms with Crippen molar-refractivity contribution in [3.63, 3.8) is 0 Å². The third-order valence-corrected chi connectivity index (χ3v) is 5.45. The number of anilines is 2. The van der Waals surface area contributed by atoms with E-state index in [1.54, 1.807) is 4.52 Å². The summed E-state index contributed by atoms with van der Waals surface area (Å²) in [6, 6.07) is 9.92. The summed E-state index contributed by atoms with van der Waals surface area (Å²) in [6.45, 7) is 0.596. The average molecular weight is 371 g/mol. The van der Waals surface area contributed by atoms with Gasteiger partial charge in [-0.05, 0) is 37.3 Å². The van der Waals surface area contributed by atoms with Crippen LogP contribution in [0.3, 0.4) is 0 Å². The van der Waals surface area contributed by atoms with Gasteiger partial charge in [0.2, 0.25) is 0 Å². The van der Waals surface area contributed by atoms with Crippen LogP contribution in [0, 0.1) is 0 Å². The van der Waals surface area contributed by atoms with Crippen molar-refractivity contribution >= 4 is 28.8 Å². The van der Waals surface area contributed by atoms with Crippen LogP contribution < -0.4 is 16.8 Å². The molecule has 0 atom stereocenters. The third-order valence-electron chi connectivity index (χ3n) is 5.08. The number of hydrogen-bond donors (Lipinski definition) is 3. The number of fused-ring (bicyclic) bond motifs is 1. The number of nitrogen functional groups attached to an aromatic ring is 1. The Morgan fingerprint density at radius 2 is 1.96 bits per heavy atom. The molecule has 7 heteroatoms. The first kappa shape index (κ1) is 17.1. The lowest BCUT2D eigenvalue weighted by Gasteiger charge is -2.24. The van der Waals surface area contributed by atoms with Crippen LogP contribution in [0.25, 0.3) is 5.65 Å². The maximum absolute atomic E-state index is 6.25. The highest BCUT2D eigenvalue weighted by atomic mass is 35.5. The first-order valence-corrected chi connectivity index (χ1v) is 9.36. The van der Waals surface area contributed by atoms with Gasteiger partial charge >= 0.3 is 0 Å². The Morgan fingerprint density at radius 3 is 2.73 bits per heavy atom. The molecule has 1 fully saturated rings. The smallest absolute Gasteiger partial charge is 0.177 e. The molecule has 0 bridgehead atoms. The molecule has 2 aromatic heterocycles. The van der Waals surface area contributed by atoms with Crippen LogP contribution in [0.15, 0.2) is 36.5 Å². The van der Waals surface area contributed by atoms with Crippen LogP contribution in [0.1, 0.15) is 42.9 Å². The minimum absolute atomic E-state index is 0.324. The zero-order valence-corrected chi connectivity index (χ0v) is 15.3. The van der Waals surface area contributed by atoms with Crippen molar-refractivity contribution in [2.45, 2.75) is 44.2 Å². The van der Waals surface area contributed by atoms with Crippen molar-refractivity contribution in [3.05, 3.63) is 52.8 Å². The molecule has 0 saturated heterocycles. The molecule has 26 heavy (non-hydrogen) atoms. The number of nitrogens with two attached hydrogens (primary N) is 2. The molecule has 0 radical (unpaired) electrons. The Morgan fingerprint density at radius 1 is 1.19 bits per heavy atom. The summed E-state index contributed by atoms with van der Waals surface area (Å²) in [6.07, 6.45) is 6.23. The van der Waals surface area contributed by atoms with Crippen LogP contribution in [-0.4, -0.2) is 20.6 Å². The summed E-state index contributed by atoms with van der Waals surface area (Å²) in [5.41, 5.74) is 15.7. The van der Waals surface area contributed by atoms with E-state index < -0.39 is 0 Å². The van der Waals surface area contributed by atoms with E-state index in [0.717, 1.165) is 53.3 Å². The summed E-state index contributed by atoms with van der Waals surface area (Å²) in [5, 5.41) is 8.52. The lowest BCUT2D eigenvalue weighted by Crippen LogP contribution is -2.25. The highest BCUT2D eigenvalue weighted by molar-refractivity contribution is 6.31. The number of halogens is 1. The van der Waals surface area contributed by atoms with E-state index in [0.29, 0.717) is 24.3 Å². The van der Waals surface area contributed by atoms with Gasteiger partial charge in [0.25, 0.3) is 0 Å². The molecule has 4 rings (SSSR count). The molecule has 1 aliphatic carbocycles. The van der Waals surface area contributed by atoms with Crippen molar-refractivity contribution in [1.29, 1.82) is 0 Å². The largest absolute Gasteiger partial charge is 0.382 e. The minimum atomic E-state index is 0.324. The lowest BCUT2D eigenvalue weighted by molar-refractivity contribution is 0.391. The van der Waals surface area contributed by atoms with Gasteiger partial charge in [0.1, 0.15) is 5.82 Å². The molecule has 5 N–H and O–H groups in total. The van der Waals surface area contributed by atoms with Crippen molar-refractivity contribution in [2.24, 2.45) is 5.73 Å². The second kappa shape index (κ2) is 7.13. The Balaban J connectivity index is 1.61. The average Bonchev–Trinajstić information content (AvgIpc) is 3.05. The molecule has 3 aromatic rings. The van der Waals surface area contributed by atoms with E-state index >= 15 is 0 Å². The SMILES string of the molecule is Nc1cc(NCc2ccccc2Cl)c2nc(C3CCC(N)CC3)cn2n1. The molecular weight excluding hydrogens is 348 g/mol. The van der Waals surface area contributed by atoms with Gasteiger partial charge in [-0.25, -0.2) is 9.50 Å². The molecule has 0 amide bonds. The highest BCUT2D eigenvalue weighted by Gasteiger charge is 2.23. The maximum Gasteiger partial charge on any atom is 0.177 e. The van der Waals surface area contributed by atoms with Crippen LogP contribution >= 0.6 is 11.6 Å². The van der Waals surface area contributed by atoms with Gasteiger partial charge in [-0.1, -0.05) is 29.8 Å². The topological polar surface area (TPSA) is 94.3 Å². The first-order valence-electron chi connectivity index (χ1n) is 8.99. The van der Waals surface area contributed by atoms with Crippen LogP contribution in [0.5, 0.6) is 0 Å². The molecule has 136 valence electrons. The number of hydrogen-bond acceptors (Lipinski definition) is 5. The Kier molecular flexibility index (Phi) is 4.70. The molecule has 0 aliphatic heterocycles. The van der Waals surface area contributed by atoms with Gasteiger partial charge in [-0.15, -0.1) is 5.10 Å². The van der Waals surface area contributed by atoms with Gasteiger partial charge < -0.3 is 16.8 Å². The van der Waals surface area contributed by atoms with Gasteiger partial charge in [0, 0.05) is 29.6 Å². The molecule has 6 nitrogen and oxygen atoms in total. The highest BCUT2D eigenvalue weighted by Crippen LogP contribution is 2.32. The third kappa shape index (κ3) is 3.48. The van der Waals surface area contributed by atoms with Crippen LogP contribution in [0.2, 0.25) is 5.02 Å². The fraction of sp³-hybridized carbons (Fsp3) is 0.368. The van der Waals surface area contributed by atoms with E-state index in [4.69, 9.17) is 28.1 Å². The lowest BCUT2D eigenvalue weighted by atomic mass is 9.85. The summed E-state index contributed by atoms with van der Waals surface area (Å²) in [4.78, 5) is 4.85. The maximum atomic E-state index is 6.25. The second-order valence-electron chi connectivity index (χ2n) is 6.97. The van der Waals surface area contributed by atoms with Crippen LogP contribution in [-0.2, 0) is 6.54 Å². The molecule has 1 aromatic carbocycles. The summed E-state index contributed by atoms with van der Waals surface area (Å²) in [5.74, 6) is 0.892. The van der Waals surface area contributed by atoms with Gasteiger partial charge in [0.05, 0.1) is 17.6 Å². The fourth-order valence-electron chi connectivity index (χ4n) is 3.59. The first-order chi connectivity index (χ1) is 12.6. The Labute approximate surface area is 157 Å². The standard InChI is InChI=1S/C19H23ClN6/c20-15-4-2-1-3-13(15)10-23-16-9-18(22)25-26-11-17(24-19(16)26)12-5-7-14(21)8-6-12/h1-4,9,11-12,14,23H,5-8,10,21H2,(H2,22,25). The molecule has 1 saturated carbocycles. The predicted octanol–water partition coefficient (Wildman–Crippen LogP) is 3.56. The molecule has 2 heterocycles. The van der Waals surface area contributed by atoms with E-state index in [9.17, 15) is 0 Å². The van der Waals surface area contributed by atoms with Crippen molar-refractivity contribution in [1.82, 2.24) is 14.6 Å². The number of benzene rings is 1. The number of rotatable bonds is 4. The quantitative estimate of drug-likeness (QED) is 0.652. The summed E-state index contributed by atoms with van der Waals surface area (Å²) < 4.78 is 1.77. The second-order valence-corrected chi connectivity index (χ2v) is 7.38. The van der Waals surface area contributed by atoms with Gasteiger partial charge in [-0.2, -0.15) is 0 Å². The van der Waals surface area contributed by atoms with E-state index in [1.165, 1.54) is 0 Å². The van der Waals surface area contributed by atoms with Crippen molar-refractivity contribution < 1.29 is 0 Å². The molecular formula is C19H23ClN6. The zero-order valence-electron chi connectivity index (χ0n) is 14.5. The molecule has 1 aliphatic rings. The minimum Gasteiger partial charge on any atom is -0.382 e. The molecule has 0 unspecified atom stereocenters. The Bertz CT molecular complexity index is 914.